The Labute approximate surface area is 111 Å². The standard InChI is InChI=1S/C12H20N2O5/c1-8-6-14(7-12(8,2)10(17)19-3)11(18)13-5-4-9(15)16/h8H,4-7H2,1-3H3,(H,13,18)(H,15,16)/t8-,12-/m1/s1. The molecule has 0 aromatic carbocycles. The minimum absolute atomic E-state index is 0.00910. The molecule has 7 nitrogen and oxygen atoms in total. The Morgan fingerprint density at radius 3 is 2.63 bits per heavy atom. The Hall–Kier alpha value is -1.79. The van der Waals surface area contributed by atoms with Crippen molar-refractivity contribution in [2.24, 2.45) is 11.3 Å². The number of aliphatic carboxylic acids is 1. The van der Waals surface area contributed by atoms with Gasteiger partial charge in [0.25, 0.3) is 0 Å². The predicted octanol–water partition coefficient (Wildman–Crippen LogP) is 0.302. The molecule has 0 bridgehead atoms. The second-order valence-corrected chi connectivity index (χ2v) is 5.07. The van der Waals surface area contributed by atoms with Crippen LogP contribution in [0.1, 0.15) is 20.3 Å². The highest BCUT2D eigenvalue weighted by molar-refractivity contribution is 5.81. The van der Waals surface area contributed by atoms with Crippen LogP contribution in [0.2, 0.25) is 0 Å². The van der Waals surface area contributed by atoms with Crippen LogP contribution in [0.3, 0.4) is 0 Å². The molecule has 0 aromatic heterocycles. The molecule has 0 unspecified atom stereocenters. The quantitative estimate of drug-likeness (QED) is 0.718. The zero-order valence-corrected chi connectivity index (χ0v) is 11.4. The first-order chi connectivity index (χ1) is 8.81. The van der Waals surface area contributed by atoms with Crippen molar-refractivity contribution in [2.75, 3.05) is 26.7 Å². The Bertz CT molecular complexity index is 384. The van der Waals surface area contributed by atoms with Crippen LogP contribution in [0.25, 0.3) is 0 Å². The summed E-state index contributed by atoms with van der Waals surface area (Å²) in [5.41, 5.74) is -0.709. The van der Waals surface area contributed by atoms with Gasteiger partial charge >= 0.3 is 18.0 Å². The molecule has 7 heteroatoms. The van der Waals surface area contributed by atoms with Crippen LogP contribution in [0.15, 0.2) is 0 Å². The number of likely N-dealkylation sites (tertiary alicyclic amines) is 1. The van der Waals surface area contributed by atoms with E-state index in [0.29, 0.717) is 6.54 Å². The van der Waals surface area contributed by atoms with Gasteiger partial charge in [0.2, 0.25) is 0 Å². The third-order valence-electron chi connectivity index (χ3n) is 3.66. The maximum absolute atomic E-state index is 11.8. The molecule has 1 saturated heterocycles. The van der Waals surface area contributed by atoms with Gasteiger partial charge in [0.05, 0.1) is 18.9 Å². The third-order valence-corrected chi connectivity index (χ3v) is 3.66. The van der Waals surface area contributed by atoms with Crippen LogP contribution >= 0.6 is 0 Å². The van der Waals surface area contributed by atoms with E-state index in [0.717, 1.165) is 0 Å². The molecule has 0 aromatic rings. The van der Waals surface area contributed by atoms with Gasteiger partial charge in [0.15, 0.2) is 0 Å². The number of nitrogens with zero attached hydrogens (tertiary/aromatic N) is 1. The van der Waals surface area contributed by atoms with Gasteiger partial charge in [0.1, 0.15) is 0 Å². The minimum Gasteiger partial charge on any atom is -0.481 e. The number of carbonyl (C=O) groups excluding carboxylic acids is 2. The number of carboxylic acids is 1. The number of carboxylic acid groups (broad SMARTS) is 1. The summed E-state index contributed by atoms with van der Waals surface area (Å²) in [6.07, 6.45) is -0.122. The summed E-state index contributed by atoms with van der Waals surface area (Å²) in [7, 11) is 1.33. The fourth-order valence-corrected chi connectivity index (χ4v) is 2.19. The van der Waals surface area contributed by atoms with Gasteiger partial charge in [-0.15, -0.1) is 0 Å². The fourth-order valence-electron chi connectivity index (χ4n) is 2.19. The van der Waals surface area contributed by atoms with E-state index in [9.17, 15) is 14.4 Å². The van der Waals surface area contributed by atoms with Crippen LogP contribution in [0, 0.1) is 11.3 Å². The number of carbonyl (C=O) groups is 3. The molecule has 108 valence electrons. The zero-order valence-electron chi connectivity index (χ0n) is 11.4. The smallest absolute Gasteiger partial charge is 0.317 e. The molecule has 1 rings (SSSR count). The first kappa shape index (κ1) is 15.3. The highest BCUT2D eigenvalue weighted by Crippen LogP contribution is 2.36. The average Bonchev–Trinajstić information content (AvgIpc) is 2.65. The van der Waals surface area contributed by atoms with Gasteiger partial charge < -0.3 is 20.1 Å². The Balaban J connectivity index is 2.56. The third kappa shape index (κ3) is 3.36. The molecule has 1 aliphatic heterocycles. The first-order valence-electron chi connectivity index (χ1n) is 6.14. The van der Waals surface area contributed by atoms with Crippen LogP contribution in [-0.2, 0) is 14.3 Å². The van der Waals surface area contributed by atoms with E-state index < -0.39 is 11.4 Å². The number of amides is 2. The summed E-state index contributed by atoms with van der Waals surface area (Å²) in [4.78, 5) is 35.5. The fraction of sp³-hybridized carbons (Fsp3) is 0.750. The van der Waals surface area contributed by atoms with Crippen molar-refractivity contribution in [3.05, 3.63) is 0 Å². The van der Waals surface area contributed by atoms with Crippen molar-refractivity contribution in [3.8, 4) is 0 Å². The van der Waals surface area contributed by atoms with Crippen molar-refractivity contribution in [3.63, 3.8) is 0 Å². The molecular formula is C12H20N2O5. The molecule has 0 saturated carbocycles. The summed E-state index contributed by atoms with van der Waals surface area (Å²) in [5.74, 6) is -1.31. The van der Waals surface area contributed by atoms with Crippen LogP contribution in [-0.4, -0.2) is 54.7 Å². The predicted molar refractivity (Wildman–Crippen MR) is 66.5 cm³/mol. The van der Waals surface area contributed by atoms with E-state index in [1.807, 2.05) is 6.92 Å². The van der Waals surface area contributed by atoms with Crippen molar-refractivity contribution in [1.29, 1.82) is 0 Å². The van der Waals surface area contributed by atoms with Gasteiger partial charge in [-0.2, -0.15) is 0 Å². The first-order valence-corrected chi connectivity index (χ1v) is 6.14. The number of hydrogen-bond donors (Lipinski definition) is 2. The lowest BCUT2D eigenvalue weighted by Gasteiger charge is -2.24. The molecule has 1 heterocycles. The number of hydrogen-bond acceptors (Lipinski definition) is 4. The number of ether oxygens (including phenoxy) is 1. The minimum atomic E-state index is -0.963. The molecule has 19 heavy (non-hydrogen) atoms. The lowest BCUT2D eigenvalue weighted by molar-refractivity contribution is -0.152. The van der Waals surface area contributed by atoms with E-state index in [-0.39, 0.29) is 37.4 Å². The number of nitrogens with one attached hydrogen (secondary N) is 1. The Kier molecular flexibility index (Phi) is 4.74. The van der Waals surface area contributed by atoms with Gasteiger partial charge in [-0.05, 0) is 12.8 Å². The van der Waals surface area contributed by atoms with E-state index in [2.05, 4.69) is 5.32 Å². The number of methoxy groups -OCH3 is 1. The Morgan fingerprint density at radius 1 is 1.47 bits per heavy atom. The van der Waals surface area contributed by atoms with Crippen LogP contribution in [0.4, 0.5) is 4.79 Å². The van der Waals surface area contributed by atoms with Gasteiger partial charge in [-0.25, -0.2) is 4.79 Å². The molecule has 1 aliphatic rings. The summed E-state index contributed by atoms with van der Waals surface area (Å²) in [5, 5.41) is 11.0. The molecule has 2 amide bonds. The van der Waals surface area contributed by atoms with Crippen molar-refractivity contribution >= 4 is 18.0 Å². The monoisotopic (exact) mass is 272 g/mol. The second kappa shape index (κ2) is 5.90. The highest BCUT2D eigenvalue weighted by atomic mass is 16.5. The molecule has 0 aliphatic carbocycles. The molecule has 0 radical (unpaired) electrons. The normalized spacial score (nSPS) is 26.1. The largest absolute Gasteiger partial charge is 0.481 e. The summed E-state index contributed by atoms with van der Waals surface area (Å²) >= 11 is 0. The molecular weight excluding hydrogens is 252 g/mol. The van der Waals surface area contributed by atoms with Gasteiger partial charge in [-0.3, -0.25) is 9.59 Å². The van der Waals surface area contributed by atoms with E-state index in [1.165, 1.54) is 12.0 Å². The number of rotatable bonds is 4. The number of esters is 1. The second-order valence-electron chi connectivity index (χ2n) is 5.07. The van der Waals surface area contributed by atoms with E-state index >= 15 is 0 Å². The topological polar surface area (TPSA) is 95.9 Å². The molecule has 2 atom stereocenters. The molecule has 1 fully saturated rings. The highest BCUT2D eigenvalue weighted by Gasteiger charge is 2.48. The van der Waals surface area contributed by atoms with Gasteiger partial charge in [0, 0.05) is 19.6 Å². The van der Waals surface area contributed by atoms with Crippen molar-refractivity contribution < 1.29 is 24.2 Å². The maximum atomic E-state index is 11.8. The molecule has 0 spiro atoms. The lowest BCUT2D eigenvalue weighted by atomic mass is 9.81. The maximum Gasteiger partial charge on any atom is 0.317 e. The van der Waals surface area contributed by atoms with Crippen molar-refractivity contribution in [1.82, 2.24) is 10.2 Å². The Morgan fingerprint density at radius 2 is 2.11 bits per heavy atom. The lowest BCUT2D eigenvalue weighted by Crippen LogP contribution is -2.41. The summed E-state index contributed by atoms with van der Waals surface area (Å²) in [6.45, 7) is 4.47. The molecule has 2 N–H and O–H groups in total. The average molecular weight is 272 g/mol. The zero-order chi connectivity index (χ0) is 14.6. The SMILES string of the molecule is COC(=O)[C@]1(C)CN(C(=O)NCCC(=O)O)C[C@H]1C. The van der Waals surface area contributed by atoms with Gasteiger partial charge in [-0.1, -0.05) is 6.92 Å². The van der Waals surface area contributed by atoms with Crippen LogP contribution in [0.5, 0.6) is 0 Å². The van der Waals surface area contributed by atoms with Crippen molar-refractivity contribution in [2.45, 2.75) is 20.3 Å². The van der Waals surface area contributed by atoms with E-state index in [1.54, 1.807) is 6.92 Å². The summed E-state index contributed by atoms with van der Waals surface area (Å²) in [6, 6.07) is -0.347. The summed E-state index contributed by atoms with van der Waals surface area (Å²) < 4.78 is 4.77. The number of urea groups is 1. The van der Waals surface area contributed by atoms with Crippen LogP contribution < -0.4 is 5.32 Å². The van der Waals surface area contributed by atoms with E-state index in [4.69, 9.17) is 9.84 Å².